The fraction of sp³-hybridized carbons (Fsp3) is 0.818. The monoisotopic (exact) mass is 256 g/mol. The lowest BCUT2D eigenvalue weighted by Crippen LogP contribution is -2.31. The Morgan fingerprint density at radius 1 is 1.24 bits per heavy atom. The minimum Gasteiger partial charge on any atom is -0.388 e. The molecule has 2 rings (SSSR count). The van der Waals surface area contributed by atoms with Crippen LogP contribution in [0.5, 0.6) is 0 Å². The van der Waals surface area contributed by atoms with Crippen molar-refractivity contribution >= 4 is 11.8 Å². The van der Waals surface area contributed by atoms with Gasteiger partial charge in [-0.2, -0.15) is 0 Å². The summed E-state index contributed by atoms with van der Waals surface area (Å²) >= 11 is 1.71. The van der Waals surface area contributed by atoms with Crippen LogP contribution in [-0.4, -0.2) is 50.2 Å². The molecule has 1 fully saturated rings. The van der Waals surface area contributed by atoms with Crippen molar-refractivity contribution in [2.24, 2.45) is 7.05 Å². The van der Waals surface area contributed by atoms with E-state index in [4.69, 9.17) is 5.11 Å². The number of thioether (sulfide) groups is 1. The van der Waals surface area contributed by atoms with Crippen LogP contribution in [0.1, 0.15) is 25.1 Å². The normalized spacial score (nSPS) is 17.5. The number of rotatable bonds is 5. The van der Waals surface area contributed by atoms with Crippen molar-refractivity contribution in [3.63, 3.8) is 0 Å². The molecule has 6 heteroatoms. The topological polar surface area (TPSA) is 54.2 Å². The van der Waals surface area contributed by atoms with E-state index in [0.717, 1.165) is 17.5 Å². The van der Waals surface area contributed by atoms with Gasteiger partial charge < -0.3 is 14.6 Å². The van der Waals surface area contributed by atoms with Gasteiger partial charge in [-0.15, -0.1) is 10.2 Å². The number of hydrogen-bond donors (Lipinski definition) is 1. The molecule has 0 aromatic carbocycles. The minimum atomic E-state index is -0.0455. The van der Waals surface area contributed by atoms with Crippen LogP contribution in [0.15, 0.2) is 5.16 Å². The third-order valence-corrected chi connectivity index (χ3v) is 4.15. The van der Waals surface area contributed by atoms with E-state index in [2.05, 4.69) is 15.1 Å². The zero-order chi connectivity index (χ0) is 12.1. The highest BCUT2D eigenvalue weighted by atomic mass is 32.2. The van der Waals surface area contributed by atoms with Crippen LogP contribution in [0.3, 0.4) is 0 Å². The first kappa shape index (κ1) is 12.9. The molecule has 5 nitrogen and oxygen atoms in total. The van der Waals surface area contributed by atoms with Gasteiger partial charge in [-0.25, -0.2) is 0 Å². The van der Waals surface area contributed by atoms with Gasteiger partial charge >= 0.3 is 0 Å². The van der Waals surface area contributed by atoms with Crippen molar-refractivity contribution in [3.8, 4) is 0 Å². The van der Waals surface area contributed by atoms with Crippen molar-refractivity contribution in [1.29, 1.82) is 0 Å². The second kappa shape index (κ2) is 6.37. The maximum Gasteiger partial charge on any atom is 0.191 e. The smallest absolute Gasteiger partial charge is 0.191 e. The lowest BCUT2D eigenvalue weighted by Gasteiger charge is -2.25. The summed E-state index contributed by atoms with van der Waals surface area (Å²) in [6.45, 7) is 3.55. The number of aliphatic hydroxyl groups is 1. The molecule has 1 aliphatic rings. The number of aromatic nitrogens is 3. The average Bonchev–Trinajstić information content (AvgIpc) is 2.72. The highest BCUT2D eigenvalue weighted by Crippen LogP contribution is 2.16. The van der Waals surface area contributed by atoms with Crippen molar-refractivity contribution in [2.75, 3.05) is 25.4 Å². The van der Waals surface area contributed by atoms with Crippen LogP contribution in [0.2, 0.25) is 0 Å². The van der Waals surface area contributed by atoms with E-state index in [9.17, 15) is 0 Å². The Kier molecular flexibility index (Phi) is 4.82. The standard InChI is InChI=1S/C11H20N4OS/c1-14-10(9-16)12-13-11(14)17-8-7-15-5-3-2-4-6-15/h16H,2-9H2,1H3. The molecule has 1 aliphatic heterocycles. The van der Waals surface area contributed by atoms with Crippen LogP contribution < -0.4 is 0 Å². The summed E-state index contributed by atoms with van der Waals surface area (Å²) < 4.78 is 1.86. The number of aliphatic hydroxyl groups excluding tert-OH is 1. The molecular formula is C11H20N4OS. The van der Waals surface area contributed by atoms with E-state index in [0.29, 0.717) is 5.82 Å². The van der Waals surface area contributed by atoms with E-state index >= 15 is 0 Å². The molecule has 1 saturated heterocycles. The Balaban J connectivity index is 1.75. The Hall–Kier alpha value is -0.590. The van der Waals surface area contributed by atoms with E-state index < -0.39 is 0 Å². The molecule has 96 valence electrons. The second-order valence-electron chi connectivity index (χ2n) is 4.37. The van der Waals surface area contributed by atoms with Gasteiger partial charge in [0.25, 0.3) is 0 Å². The molecule has 2 heterocycles. The fourth-order valence-corrected chi connectivity index (χ4v) is 2.99. The number of nitrogens with zero attached hydrogens (tertiary/aromatic N) is 4. The van der Waals surface area contributed by atoms with Crippen molar-refractivity contribution in [3.05, 3.63) is 5.82 Å². The van der Waals surface area contributed by atoms with E-state index in [1.807, 2.05) is 11.6 Å². The van der Waals surface area contributed by atoms with Gasteiger partial charge in [0.15, 0.2) is 11.0 Å². The maximum atomic E-state index is 9.02. The molecule has 0 unspecified atom stereocenters. The first-order chi connectivity index (χ1) is 8.31. The molecule has 0 aliphatic carbocycles. The molecule has 0 spiro atoms. The molecule has 0 saturated carbocycles. The summed E-state index contributed by atoms with van der Waals surface area (Å²) in [7, 11) is 1.90. The molecule has 1 aromatic rings. The first-order valence-electron chi connectivity index (χ1n) is 6.15. The van der Waals surface area contributed by atoms with Gasteiger partial charge in [0.1, 0.15) is 6.61 Å². The molecule has 17 heavy (non-hydrogen) atoms. The third kappa shape index (κ3) is 3.43. The Labute approximate surface area is 106 Å². The van der Waals surface area contributed by atoms with Crippen molar-refractivity contribution in [2.45, 2.75) is 31.0 Å². The van der Waals surface area contributed by atoms with Crippen molar-refractivity contribution < 1.29 is 5.11 Å². The summed E-state index contributed by atoms with van der Waals surface area (Å²) in [6, 6.07) is 0. The molecular weight excluding hydrogens is 236 g/mol. The van der Waals surface area contributed by atoms with Crippen LogP contribution in [0.4, 0.5) is 0 Å². The quantitative estimate of drug-likeness (QED) is 0.793. The number of hydrogen-bond acceptors (Lipinski definition) is 5. The van der Waals surface area contributed by atoms with Crippen LogP contribution >= 0.6 is 11.8 Å². The Bertz CT molecular complexity index is 349. The summed E-state index contributed by atoms with van der Waals surface area (Å²) in [5, 5.41) is 17.9. The largest absolute Gasteiger partial charge is 0.388 e. The summed E-state index contributed by atoms with van der Waals surface area (Å²) in [5.41, 5.74) is 0. The molecule has 0 atom stereocenters. The second-order valence-corrected chi connectivity index (χ2v) is 5.43. The number of piperidine rings is 1. The van der Waals surface area contributed by atoms with Crippen LogP contribution in [0, 0.1) is 0 Å². The summed E-state index contributed by atoms with van der Waals surface area (Å²) in [6.07, 6.45) is 4.05. The summed E-state index contributed by atoms with van der Waals surface area (Å²) in [4.78, 5) is 2.51. The Morgan fingerprint density at radius 2 is 2.00 bits per heavy atom. The highest BCUT2D eigenvalue weighted by molar-refractivity contribution is 7.99. The zero-order valence-corrected chi connectivity index (χ0v) is 11.1. The zero-order valence-electron chi connectivity index (χ0n) is 10.3. The van der Waals surface area contributed by atoms with Gasteiger partial charge in [0.05, 0.1) is 0 Å². The van der Waals surface area contributed by atoms with Crippen molar-refractivity contribution in [1.82, 2.24) is 19.7 Å². The predicted molar refractivity (Wildman–Crippen MR) is 67.9 cm³/mol. The SMILES string of the molecule is Cn1c(CO)nnc1SCCN1CCCCC1. The van der Waals surface area contributed by atoms with Gasteiger partial charge in [-0.1, -0.05) is 18.2 Å². The Morgan fingerprint density at radius 3 is 2.65 bits per heavy atom. The van der Waals surface area contributed by atoms with E-state index in [1.165, 1.54) is 32.4 Å². The van der Waals surface area contributed by atoms with E-state index in [1.54, 1.807) is 11.8 Å². The van der Waals surface area contributed by atoms with Gasteiger partial charge in [-0.05, 0) is 25.9 Å². The van der Waals surface area contributed by atoms with Crippen LogP contribution in [-0.2, 0) is 13.7 Å². The van der Waals surface area contributed by atoms with Gasteiger partial charge in [0, 0.05) is 19.3 Å². The molecule has 0 radical (unpaired) electrons. The lowest BCUT2D eigenvalue weighted by molar-refractivity contribution is 0.242. The first-order valence-corrected chi connectivity index (χ1v) is 7.14. The average molecular weight is 256 g/mol. The van der Waals surface area contributed by atoms with Gasteiger partial charge in [0.2, 0.25) is 0 Å². The van der Waals surface area contributed by atoms with Crippen LogP contribution in [0.25, 0.3) is 0 Å². The molecule has 0 amide bonds. The summed E-state index contributed by atoms with van der Waals surface area (Å²) in [5.74, 6) is 1.67. The minimum absolute atomic E-state index is 0.0455. The molecule has 0 bridgehead atoms. The van der Waals surface area contributed by atoms with E-state index in [-0.39, 0.29) is 6.61 Å². The maximum absolute atomic E-state index is 9.02. The fourth-order valence-electron chi connectivity index (χ4n) is 2.06. The predicted octanol–water partition coefficient (Wildman–Crippen LogP) is 0.885. The third-order valence-electron chi connectivity index (χ3n) is 3.15. The highest BCUT2D eigenvalue weighted by Gasteiger charge is 2.11. The lowest BCUT2D eigenvalue weighted by atomic mass is 10.1. The number of likely N-dealkylation sites (tertiary alicyclic amines) is 1. The molecule has 1 aromatic heterocycles. The molecule has 1 N–H and O–H groups in total. The van der Waals surface area contributed by atoms with Gasteiger partial charge in [-0.3, -0.25) is 0 Å².